The van der Waals surface area contributed by atoms with Crippen molar-refractivity contribution in [1.82, 2.24) is 0 Å². The van der Waals surface area contributed by atoms with Crippen molar-refractivity contribution in [3.05, 3.63) is 0 Å². The van der Waals surface area contributed by atoms with Crippen LogP contribution in [0.1, 0.15) is 51.9 Å². The summed E-state index contributed by atoms with van der Waals surface area (Å²) >= 11 is 0. The Labute approximate surface area is 114 Å². The fourth-order valence-corrected chi connectivity index (χ4v) is 1.36. The predicted molar refractivity (Wildman–Crippen MR) is 61.0 cm³/mol. The molecular formula is C12H19F5O3. The van der Waals surface area contributed by atoms with Crippen molar-refractivity contribution in [3.8, 4) is 0 Å². The smallest absolute Gasteiger partial charge is 0.298 e. The summed E-state index contributed by atoms with van der Waals surface area (Å²) in [5, 5.41) is 0. The van der Waals surface area contributed by atoms with Crippen LogP contribution >= 0.6 is 0 Å². The number of hydrogen-bond donors (Lipinski definition) is 0. The van der Waals surface area contributed by atoms with Gasteiger partial charge in [0.15, 0.2) is 0 Å². The second kappa shape index (κ2) is 9.10. The Bertz CT molecular complexity index is 279. The van der Waals surface area contributed by atoms with Gasteiger partial charge in [0.2, 0.25) is 0 Å². The van der Waals surface area contributed by atoms with E-state index < -0.39 is 24.5 Å². The van der Waals surface area contributed by atoms with Crippen LogP contribution in [0.3, 0.4) is 0 Å². The summed E-state index contributed by atoms with van der Waals surface area (Å²) in [5.74, 6) is -5.11. The monoisotopic (exact) mass is 306 g/mol. The summed E-state index contributed by atoms with van der Waals surface area (Å²) < 4.78 is 60.5. The molecule has 0 aromatic rings. The number of carbonyl (C=O) groups excluding carboxylic acids is 1. The van der Waals surface area contributed by atoms with Crippen LogP contribution in [0, 0.1) is 0 Å². The van der Waals surface area contributed by atoms with Crippen molar-refractivity contribution in [2.24, 2.45) is 0 Å². The standard InChI is InChI=1S/C12H19F5O3/c1-2-7-10(18)20-19-9-6-4-3-5-8-11(13,14)12(15,16)17/h2-9H2,1H3. The highest BCUT2D eigenvalue weighted by Crippen LogP contribution is 2.39. The Morgan fingerprint density at radius 1 is 1.00 bits per heavy atom. The molecule has 0 unspecified atom stereocenters. The van der Waals surface area contributed by atoms with E-state index in [1.807, 2.05) is 0 Å². The van der Waals surface area contributed by atoms with Crippen molar-refractivity contribution < 1.29 is 36.5 Å². The second-order valence-electron chi connectivity index (χ2n) is 4.39. The van der Waals surface area contributed by atoms with Crippen LogP contribution in [0.25, 0.3) is 0 Å². The summed E-state index contributed by atoms with van der Waals surface area (Å²) in [6.07, 6.45) is -4.94. The molecule has 0 fully saturated rings. The lowest BCUT2D eigenvalue weighted by molar-refractivity contribution is -0.284. The first-order valence-corrected chi connectivity index (χ1v) is 6.47. The highest BCUT2D eigenvalue weighted by Gasteiger charge is 2.56. The van der Waals surface area contributed by atoms with E-state index in [1.165, 1.54) is 0 Å². The third kappa shape index (κ3) is 8.29. The summed E-state index contributed by atoms with van der Waals surface area (Å²) in [7, 11) is 0. The van der Waals surface area contributed by atoms with Crippen molar-refractivity contribution in [2.75, 3.05) is 6.61 Å². The van der Waals surface area contributed by atoms with Gasteiger partial charge in [-0.05, 0) is 19.3 Å². The number of rotatable bonds is 10. The molecule has 0 heterocycles. The second-order valence-corrected chi connectivity index (χ2v) is 4.39. The Hall–Kier alpha value is -0.920. The largest absolute Gasteiger partial charge is 0.453 e. The number of halogens is 5. The molecule has 0 saturated carbocycles. The molecule has 3 nitrogen and oxygen atoms in total. The summed E-state index contributed by atoms with van der Waals surface area (Å²) in [6.45, 7) is 1.91. The van der Waals surface area contributed by atoms with E-state index in [4.69, 9.17) is 0 Å². The zero-order chi connectivity index (χ0) is 15.6. The summed E-state index contributed by atoms with van der Waals surface area (Å²) in [4.78, 5) is 19.8. The quantitative estimate of drug-likeness (QED) is 0.259. The first-order chi connectivity index (χ1) is 9.20. The third-order valence-corrected chi connectivity index (χ3v) is 2.49. The van der Waals surface area contributed by atoms with Crippen LogP contribution < -0.4 is 0 Å². The maximum Gasteiger partial charge on any atom is 0.453 e. The van der Waals surface area contributed by atoms with Gasteiger partial charge >= 0.3 is 18.1 Å². The summed E-state index contributed by atoms with van der Waals surface area (Å²) in [5.41, 5.74) is 0. The number of alkyl halides is 5. The predicted octanol–water partition coefficient (Wildman–Crippen LogP) is 4.41. The summed E-state index contributed by atoms with van der Waals surface area (Å²) in [6, 6.07) is 0. The van der Waals surface area contributed by atoms with E-state index in [1.54, 1.807) is 6.92 Å². The van der Waals surface area contributed by atoms with E-state index in [0.29, 0.717) is 19.3 Å². The van der Waals surface area contributed by atoms with Crippen LogP contribution in [-0.2, 0) is 14.6 Å². The van der Waals surface area contributed by atoms with E-state index in [9.17, 15) is 26.7 Å². The molecule has 0 amide bonds. The molecule has 120 valence electrons. The fourth-order valence-electron chi connectivity index (χ4n) is 1.36. The van der Waals surface area contributed by atoms with Crippen LogP contribution in [0.4, 0.5) is 22.0 Å². The molecule has 0 atom stereocenters. The molecule has 0 aliphatic heterocycles. The molecular weight excluding hydrogens is 287 g/mol. The molecule has 0 aliphatic rings. The normalized spacial score (nSPS) is 12.5. The van der Waals surface area contributed by atoms with Gasteiger partial charge in [-0.2, -0.15) is 26.8 Å². The zero-order valence-corrected chi connectivity index (χ0v) is 11.3. The van der Waals surface area contributed by atoms with E-state index in [-0.39, 0.29) is 25.9 Å². The van der Waals surface area contributed by atoms with Gasteiger partial charge in [0.25, 0.3) is 0 Å². The zero-order valence-electron chi connectivity index (χ0n) is 11.3. The van der Waals surface area contributed by atoms with Crippen molar-refractivity contribution >= 4 is 5.97 Å². The Morgan fingerprint density at radius 3 is 2.15 bits per heavy atom. The lowest BCUT2D eigenvalue weighted by Gasteiger charge is -2.19. The van der Waals surface area contributed by atoms with Crippen molar-refractivity contribution in [3.63, 3.8) is 0 Å². The minimum absolute atomic E-state index is 0.102. The molecule has 20 heavy (non-hydrogen) atoms. The van der Waals surface area contributed by atoms with E-state index >= 15 is 0 Å². The lowest BCUT2D eigenvalue weighted by Crippen LogP contribution is -2.36. The van der Waals surface area contributed by atoms with Gasteiger partial charge in [0.1, 0.15) is 0 Å². The van der Waals surface area contributed by atoms with Gasteiger partial charge in [-0.1, -0.05) is 19.8 Å². The Kier molecular flexibility index (Phi) is 8.68. The number of hydrogen-bond acceptors (Lipinski definition) is 3. The lowest BCUT2D eigenvalue weighted by atomic mass is 10.1. The van der Waals surface area contributed by atoms with Gasteiger partial charge in [0.05, 0.1) is 6.61 Å². The topological polar surface area (TPSA) is 35.5 Å². The first kappa shape index (κ1) is 19.1. The highest BCUT2D eigenvalue weighted by molar-refractivity contribution is 5.68. The molecule has 0 aromatic carbocycles. The van der Waals surface area contributed by atoms with Gasteiger partial charge in [-0.15, -0.1) is 0 Å². The van der Waals surface area contributed by atoms with Crippen LogP contribution in [0.15, 0.2) is 0 Å². The van der Waals surface area contributed by atoms with E-state index in [2.05, 4.69) is 9.78 Å². The van der Waals surface area contributed by atoms with Crippen molar-refractivity contribution in [2.45, 2.75) is 64.0 Å². The minimum Gasteiger partial charge on any atom is -0.298 e. The molecule has 0 radical (unpaired) electrons. The van der Waals surface area contributed by atoms with Gasteiger partial charge in [0, 0.05) is 12.8 Å². The average Bonchev–Trinajstić information content (AvgIpc) is 2.31. The Morgan fingerprint density at radius 2 is 1.60 bits per heavy atom. The van der Waals surface area contributed by atoms with Crippen molar-refractivity contribution in [1.29, 1.82) is 0 Å². The first-order valence-electron chi connectivity index (χ1n) is 6.47. The molecule has 0 spiro atoms. The molecule has 0 aromatic heterocycles. The molecule has 0 bridgehead atoms. The van der Waals surface area contributed by atoms with Crippen LogP contribution in [0.5, 0.6) is 0 Å². The maximum atomic E-state index is 12.5. The fraction of sp³-hybridized carbons (Fsp3) is 0.917. The molecule has 0 N–H and O–H groups in total. The van der Waals surface area contributed by atoms with Gasteiger partial charge < -0.3 is 0 Å². The van der Waals surface area contributed by atoms with Crippen LogP contribution in [-0.4, -0.2) is 24.7 Å². The molecule has 8 heteroatoms. The van der Waals surface area contributed by atoms with Gasteiger partial charge in [-0.3, -0.25) is 4.89 Å². The number of carbonyl (C=O) groups is 1. The number of unbranched alkanes of at least 4 members (excludes halogenated alkanes) is 3. The minimum atomic E-state index is -5.48. The third-order valence-electron chi connectivity index (χ3n) is 2.49. The Balaban J connectivity index is 3.48. The molecule has 0 aliphatic carbocycles. The SMILES string of the molecule is CCCC(=O)OOCCCCCCC(F)(F)C(F)(F)F. The van der Waals surface area contributed by atoms with Crippen LogP contribution in [0.2, 0.25) is 0 Å². The molecule has 0 rings (SSSR count). The van der Waals surface area contributed by atoms with E-state index in [0.717, 1.165) is 0 Å². The average molecular weight is 306 g/mol. The highest BCUT2D eigenvalue weighted by atomic mass is 19.4. The molecule has 0 saturated heterocycles. The maximum absolute atomic E-state index is 12.5. The van der Waals surface area contributed by atoms with Gasteiger partial charge in [-0.25, -0.2) is 4.79 Å².